The van der Waals surface area contributed by atoms with Crippen molar-refractivity contribution in [1.29, 1.82) is 0 Å². The molecule has 0 aliphatic heterocycles. The Morgan fingerprint density at radius 3 is 0.867 bits per heavy atom. The molecule has 45 heavy (non-hydrogen) atoms. The largest absolute Gasteiger partial charge is 0.699 e. The van der Waals surface area contributed by atoms with Gasteiger partial charge in [-0.3, -0.25) is 19.9 Å². The topological polar surface area (TPSA) is 99.2 Å². The molecule has 5 aromatic carbocycles. The third-order valence-corrected chi connectivity index (χ3v) is 7.62. The minimum absolute atomic E-state index is 0. The molecule has 0 spiro atoms. The van der Waals surface area contributed by atoms with Crippen molar-refractivity contribution in [2.45, 2.75) is 0 Å². The molecule has 0 fully saturated rings. The number of hydrogen-bond donors (Lipinski definition) is 0. The van der Waals surface area contributed by atoms with E-state index in [1.807, 2.05) is 72.8 Å². The molecule has 0 bridgehead atoms. The molecule has 0 amide bonds. The Labute approximate surface area is 272 Å². The quantitative estimate of drug-likeness (QED) is 0.118. The first-order valence-electron chi connectivity index (χ1n) is 14.2. The number of pyridine rings is 4. The van der Waals surface area contributed by atoms with Crippen LogP contribution in [0.3, 0.4) is 0 Å². The maximum atomic E-state index is 7.98. The van der Waals surface area contributed by atoms with Crippen LogP contribution in [0.5, 0.6) is 0 Å². The van der Waals surface area contributed by atoms with Gasteiger partial charge in [0.2, 0.25) is 0 Å². The van der Waals surface area contributed by atoms with Crippen molar-refractivity contribution in [3.05, 3.63) is 158 Å². The number of hydrogen-bond acceptors (Lipinski definition) is 4. The van der Waals surface area contributed by atoms with Gasteiger partial charge in [-0.05, 0) is 45.8 Å². The molecule has 1 radical (unpaired) electrons. The van der Waals surface area contributed by atoms with Gasteiger partial charge in [0.1, 0.15) is 0 Å². The molecule has 0 aliphatic carbocycles. The van der Waals surface area contributed by atoms with Gasteiger partial charge in [0, 0.05) is 65.8 Å². The summed E-state index contributed by atoms with van der Waals surface area (Å²) in [6.45, 7) is 0. The Hall–Kier alpha value is -5.52. The van der Waals surface area contributed by atoms with Gasteiger partial charge in [0.05, 0.1) is 22.1 Å². The summed E-state index contributed by atoms with van der Waals surface area (Å²) in [6.07, 6.45) is 7.21. The molecule has 0 atom stereocenters. The Morgan fingerprint density at radius 2 is 0.578 bits per heavy atom. The summed E-state index contributed by atoms with van der Waals surface area (Å²) in [7, 11) is 0. The maximum Gasteiger partial charge on any atom is 0.0964 e. The zero-order valence-corrected chi connectivity index (χ0v) is 25.6. The van der Waals surface area contributed by atoms with Gasteiger partial charge in [-0.1, -0.05) is 97.1 Å². The first kappa shape index (κ1) is 29.6. The van der Waals surface area contributed by atoms with Crippen LogP contribution >= 0.6 is 0 Å². The molecule has 0 unspecified atom stereocenters. The molecule has 0 saturated carbocycles. The van der Waals surface area contributed by atoms with E-state index in [2.05, 4.69) is 68.5 Å². The second-order valence-electron chi connectivity index (χ2n) is 10.3. The number of nitrogens with one attached hydrogen (secondary N) is 2. The van der Waals surface area contributed by atoms with Crippen molar-refractivity contribution < 1.29 is 19.5 Å². The predicted molar refractivity (Wildman–Crippen MR) is 184 cm³/mol. The summed E-state index contributed by atoms with van der Waals surface area (Å²) in [6, 6.07) is 39.9. The van der Waals surface area contributed by atoms with Crippen molar-refractivity contribution in [1.82, 2.24) is 19.9 Å². The molecule has 219 valence electrons. The Morgan fingerprint density at radius 1 is 0.311 bits per heavy atom. The van der Waals surface area contributed by atoms with Gasteiger partial charge in [-0.25, -0.2) is 0 Å². The van der Waals surface area contributed by atoms with Gasteiger partial charge < -0.3 is 11.5 Å². The van der Waals surface area contributed by atoms with E-state index >= 15 is 0 Å². The molecular formula is C38H26N6Rh-2. The molecule has 0 saturated heterocycles. The summed E-state index contributed by atoms with van der Waals surface area (Å²) in [5, 5.41) is 8.37. The summed E-state index contributed by atoms with van der Waals surface area (Å²) in [4.78, 5) is 17.4. The van der Waals surface area contributed by atoms with Crippen molar-refractivity contribution in [2.75, 3.05) is 0 Å². The smallest absolute Gasteiger partial charge is 0.0964 e. The van der Waals surface area contributed by atoms with Crippen molar-refractivity contribution in [2.24, 2.45) is 0 Å². The van der Waals surface area contributed by atoms with Gasteiger partial charge in [0.15, 0.2) is 0 Å². The summed E-state index contributed by atoms with van der Waals surface area (Å²) in [5.41, 5.74) is 20.5. The van der Waals surface area contributed by atoms with E-state index in [4.69, 9.17) is 11.5 Å². The fraction of sp³-hybridized carbons (Fsp3) is 0. The van der Waals surface area contributed by atoms with Crippen LogP contribution in [0.1, 0.15) is 0 Å². The molecule has 7 heteroatoms. The molecular weight excluding hydrogens is 643 g/mol. The van der Waals surface area contributed by atoms with Crippen LogP contribution in [0.15, 0.2) is 146 Å². The van der Waals surface area contributed by atoms with E-state index in [1.54, 1.807) is 24.8 Å². The molecule has 4 aromatic heterocycles. The second kappa shape index (κ2) is 13.0. The number of rotatable bonds is 0. The normalized spacial score (nSPS) is 10.7. The first-order chi connectivity index (χ1) is 21.7. The maximum absolute atomic E-state index is 7.98. The molecule has 9 aromatic rings. The number of benzene rings is 5. The molecule has 6 nitrogen and oxygen atoms in total. The van der Waals surface area contributed by atoms with Crippen LogP contribution in [0.4, 0.5) is 11.4 Å². The molecule has 4 heterocycles. The molecule has 9 rings (SSSR count). The monoisotopic (exact) mass is 669 g/mol. The molecule has 0 aliphatic rings. The minimum atomic E-state index is 0. The van der Waals surface area contributed by atoms with Gasteiger partial charge in [-0.15, -0.1) is 11.4 Å². The SMILES string of the molecule is [NH-]c1c([NH-])c2ccccc2c2ccccc12.[Rh].c1cnc2c(c1)ccc1cccnc12.c1cnc2c(c1)ccc1cccnc12. The van der Waals surface area contributed by atoms with Crippen LogP contribution in [0.25, 0.3) is 76.6 Å². The zero-order valence-electron chi connectivity index (χ0n) is 24.0. The summed E-state index contributed by atoms with van der Waals surface area (Å²) < 4.78 is 0. The first-order valence-corrected chi connectivity index (χ1v) is 14.2. The van der Waals surface area contributed by atoms with Crippen molar-refractivity contribution in [3.63, 3.8) is 0 Å². The van der Waals surface area contributed by atoms with Gasteiger partial charge in [0.25, 0.3) is 0 Å². The Balaban J connectivity index is 0.000000118. The summed E-state index contributed by atoms with van der Waals surface area (Å²) >= 11 is 0. The van der Waals surface area contributed by atoms with Crippen LogP contribution in [0, 0.1) is 0 Å². The van der Waals surface area contributed by atoms with E-state index in [0.717, 1.165) is 65.2 Å². The van der Waals surface area contributed by atoms with Gasteiger partial charge in [-0.2, -0.15) is 0 Å². The Bertz CT molecular complexity index is 2160. The van der Waals surface area contributed by atoms with Crippen molar-refractivity contribution in [3.8, 4) is 0 Å². The third kappa shape index (κ3) is 5.74. The number of nitrogens with zero attached hydrogens (tertiary/aromatic N) is 4. The van der Waals surface area contributed by atoms with Crippen LogP contribution in [-0.4, -0.2) is 19.9 Å². The van der Waals surface area contributed by atoms with Crippen LogP contribution in [0.2, 0.25) is 0 Å². The second-order valence-corrected chi connectivity index (χ2v) is 10.3. The Kier molecular flexibility index (Phi) is 8.54. The predicted octanol–water partition coefficient (Wildman–Crippen LogP) is 10.9. The zero-order chi connectivity index (χ0) is 29.9. The van der Waals surface area contributed by atoms with Crippen LogP contribution in [-0.2, 0) is 19.5 Å². The third-order valence-electron chi connectivity index (χ3n) is 7.62. The average molecular weight is 670 g/mol. The summed E-state index contributed by atoms with van der Waals surface area (Å²) in [5.74, 6) is 0. The van der Waals surface area contributed by atoms with Crippen LogP contribution < -0.4 is 0 Å². The molecule has 2 N–H and O–H groups in total. The van der Waals surface area contributed by atoms with E-state index < -0.39 is 0 Å². The van der Waals surface area contributed by atoms with Gasteiger partial charge >= 0.3 is 0 Å². The van der Waals surface area contributed by atoms with E-state index in [1.165, 1.54) is 0 Å². The minimum Gasteiger partial charge on any atom is -0.699 e. The fourth-order valence-corrected chi connectivity index (χ4v) is 5.50. The standard InChI is InChI=1S/C14H10N2.2C12H8N2.Rh/c15-13-11-7-3-1-5-9(11)10-6-2-4-8-12(10)14(13)16;2*1-3-9-5-6-10-4-2-8-14-12(10)11(9)13-7-1;/h1-8,15-16H;2*1-8H;/q-2;;;. The number of aromatic nitrogens is 4. The van der Waals surface area contributed by atoms with E-state index in [0.29, 0.717) is 11.4 Å². The fourth-order valence-electron chi connectivity index (χ4n) is 5.50. The number of fused-ring (bicyclic) bond motifs is 9. The average Bonchev–Trinajstić information content (AvgIpc) is 3.11. The van der Waals surface area contributed by atoms with E-state index in [-0.39, 0.29) is 19.5 Å². The van der Waals surface area contributed by atoms with Crippen molar-refractivity contribution >= 4 is 76.5 Å². The van der Waals surface area contributed by atoms with E-state index in [9.17, 15) is 0 Å².